The smallest absolute Gasteiger partial charge is 0.308 e. The first-order valence-electron chi connectivity index (χ1n) is 6.04. The van der Waals surface area contributed by atoms with Crippen LogP contribution < -0.4 is 5.56 Å². The monoisotopic (exact) mass is 284 g/mol. The summed E-state index contributed by atoms with van der Waals surface area (Å²) in [6.45, 7) is 3.08. The van der Waals surface area contributed by atoms with Crippen molar-refractivity contribution >= 4 is 11.7 Å². The molecule has 0 aliphatic heterocycles. The number of aromatic nitrogens is 1. The highest BCUT2D eigenvalue weighted by Crippen LogP contribution is 2.14. The van der Waals surface area contributed by atoms with Crippen LogP contribution in [0.3, 0.4) is 0 Å². The van der Waals surface area contributed by atoms with Crippen molar-refractivity contribution in [2.45, 2.75) is 32.9 Å². The van der Waals surface area contributed by atoms with Crippen LogP contribution in [0.4, 0.5) is 5.69 Å². The fourth-order valence-electron chi connectivity index (χ4n) is 1.69. The van der Waals surface area contributed by atoms with Crippen LogP contribution in [-0.4, -0.2) is 33.3 Å². The molecule has 1 heterocycles. The highest BCUT2D eigenvalue weighted by atomic mass is 16.6. The number of aryl methyl sites for hydroxylation is 1. The van der Waals surface area contributed by atoms with Gasteiger partial charge in [-0.1, -0.05) is 0 Å². The Kier molecular flexibility index (Phi) is 5.39. The minimum Gasteiger partial charge on any atom is -0.466 e. The number of pyridine rings is 1. The maximum atomic E-state index is 11.7. The topological polar surface area (TPSA) is 112 Å². The Hall–Kier alpha value is -2.22. The Morgan fingerprint density at radius 1 is 1.60 bits per heavy atom. The van der Waals surface area contributed by atoms with Gasteiger partial charge in [0.1, 0.15) is 0 Å². The van der Waals surface area contributed by atoms with Gasteiger partial charge in [0.2, 0.25) is 0 Å². The average Bonchev–Trinajstić information content (AvgIpc) is 2.32. The third kappa shape index (κ3) is 4.16. The number of ether oxygens (including phenoxy) is 1. The molecule has 1 N–H and O–H groups in total. The Bertz CT molecular complexity index is 566. The van der Waals surface area contributed by atoms with Gasteiger partial charge in [0.15, 0.2) is 0 Å². The zero-order chi connectivity index (χ0) is 15.3. The van der Waals surface area contributed by atoms with Gasteiger partial charge in [-0.3, -0.25) is 19.7 Å². The molecule has 110 valence electrons. The zero-order valence-corrected chi connectivity index (χ0v) is 11.2. The predicted octanol–water partition coefficient (Wildman–Crippen LogP) is 0.379. The van der Waals surface area contributed by atoms with Crippen LogP contribution in [0.25, 0.3) is 0 Å². The molecule has 0 radical (unpaired) electrons. The molecule has 0 aromatic carbocycles. The van der Waals surface area contributed by atoms with E-state index in [0.29, 0.717) is 0 Å². The molecular weight excluding hydrogens is 268 g/mol. The first-order valence-corrected chi connectivity index (χ1v) is 6.04. The summed E-state index contributed by atoms with van der Waals surface area (Å²) in [7, 11) is 0. The normalized spacial score (nSPS) is 11.9. The molecule has 8 heteroatoms. The van der Waals surface area contributed by atoms with E-state index in [4.69, 9.17) is 0 Å². The van der Waals surface area contributed by atoms with Crippen LogP contribution in [0.15, 0.2) is 17.1 Å². The second-order valence-electron chi connectivity index (χ2n) is 4.25. The van der Waals surface area contributed by atoms with Crippen molar-refractivity contribution in [3.63, 3.8) is 0 Å². The van der Waals surface area contributed by atoms with E-state index in [0.717, 1.165) is 16.8 Å². The zero-order valence-electron chi connectivity index (χ0n) is 11.2. The number of aliphatic hydroxyl groups excluding tert-OH is 1. The van der Waals surface area contributed by atoms with Crippen molar-refractivity contribution in [3.8, 4) is 0 Å². The van der Waals surface area contributed by atoms with Gasteiger partial charge in [0.25, 0.3) is 11.2 Å². The van der Waals surface area contributed by atoms with Gasteiger partial charge in [0.05, 0.1) is 36.8 Å². The Labute approximate surface area is 114 Å². The largest absolute Gasteiger partial charge is 0.466 e. The van der Waals surface area contributed by atoms with E-state index in [1.807, 2.05) is 0 Å². The minimum atomic E-state index is -1.14. The molecule has 0 aliphatic rings. The summed E-state index contributed by atoms with van der Waals surface area (Å²) >= 11 is 0. The molecule has 1 aromatic heterocycles. The highest BCUT2D eigenvalue weighted by molar-refractivity contribution is 5.69. The molecule has 0 amide bonds. The van der Waals surface area contributed by atoms with Crippen LogP contribution in [-0.2, 0) is 16.1 Å². The van der Waals surface area contributed by atoms with E-state index in [9.17, 15) is 24.8 Å². The van der Waals surface area contributed by atoms with E-state index in [1.54, 1.807) is 6.92 Å². The number of carbonyl (C=O) groups excluding carboxylic acids is 1. The fraction of sp³-hybridized carbons (Fsp3) is 0.500. The lowest BCUT2D eigenvalue weighted by atomic mass is 10.2. The van der Waals surface area contributed by atoms with Crippen molar-refractivity contribution in [2.24, 2.45) is 0 Å². The van der Waals surface area contributed by atoms with Gasteiger partial charge < -0.3 is 14.4 Å². The second-order valence-corrected chi connectivity index (χ2v) is 4.25. The summed E-state index contributed by atoms with van der Waals surface area (Å²) in [6.07, 6.45) is -0.359. The molecule has 0 saturated heterocycles. The maximum Gasteiger partial charge on any atom is 0.308 e. The fourth-order valence-corrected chi connectivity index (χ4v) is 1.69. The number of aliphatic hydroxyl groups is 1. The molecule has 0 fully saturated rings. The third-order valence-electron chi connectivity index (χ3n) is 2.62. The molecule has 0 saturated carbocycles. The molecule has 8 nitrogen and oxygen atoms in total. The first-order chi connectivity index (χ1) is 9.35. The van der Waals surface area contributed by atoms with Crippen LogP contribution in [0.5, 0.6) is 0 Å². The Morgan fingerprint density at radius 3 is 2.80 bits per heavy atom. The SMILES string of the molecule is CCOC(=O)CC(O)Cn1cc([N+](=O)[O-])c(C)cc1=O. The molecule has 0 bridgehead atoms. The van der Waals surface area contributed by atoms with Crippen LogP contribution in [0, 0.1) is 17.0 Å². The van der Waals surface area contributed by atoms with Crippen LogP contribution >= 0.6 is 0 Å². The van der Waals surface area contributed by atoms with Crippen molar-refractivity contribution in [3.05, 3.63) is 38.3 Å². The van der Waals surface area contributed by atoms with Crippen molar-refractivity contribution in [1.82, 2.24) is 4.57 Å². The van der Waals surface area contributed by atoms with E-state index < -0.39 is 22.6 Å². The summed E-state index contributed by atoms with van der Waals surface area (Å²) in [4.78, 5) is 33.0. The van der Waals surface area contributed by atoms with E-state index >= 15 is 0 Å². The van der Waals surface area contributed by atoms with E-state index in [2.05, 4.69) is 4.74 Å². The molecule has 1 rings (SSSR count). The molecular formula is C12H16N2O6. The second kappa shape index (κ2) is 6.80. The van der Waals surface area contributed by atoms with Crippen LogP contribution in [0.2, 0.25) is 0 Å². The Morgan fingerprint density at radius 2 is 2.25 bits per heavy atom. The standard InChI is InChI=1S/C12H16N2O6/c1-3-20-12(17)5-9(15)6-13-7-10(14(18)19)8(2)4-11(13)16/h4,7,9,15H,3,5-6H2,1-2H3. The first kappa shape index (κ1) is 15.8. The van der Waals surface area contributed by atoms with E-state index in [1.165, 1.54) is 6.92 Å². The summed E-state index contributed by atoms with van der Waals surface area (Å²) < 4.78 is 5.68. The third-order valence-corrected chi connectivity index (χ3v) is 2.62. The van der Waals surface area contributed by atoms with Gasteiger partial charge in [-0.25, -0.2) is 0 Å². The minimum absolute atomic E-state index is 0.196. The molecule has 1 unspecified atom stereocenters. The van der Waals surface area contributed by atoms with Gasteiger partial charge in [-0.05, 0) is 13.8 Å². The van der Waals surface area contributed by atoms with Crippen molar-refractivity contribution in [2.75, 3.05) is 6.61 Å². The number of carbonyl (C=O) groups is 1. The Balaban J connectivity index is 2.87. The van der Waals surface area contributed by atoms with Gasteiger partial charge in [0, 0.05) is 11.6 Å². The molecule has 0 aliphatic carbocycles. The maximum absolute atomic E-state index is 11.7. The highest BCUT2D eigenvalue weighted by Gasteiger charge is 2.17. The number of esters is 1. The molecule has 20 heavy (non-hydrogen) atoms. The number of hydrogen-bond acceptors (Lipinski definition) is 6. The summed E-state index contributed by atoms with van der Waals surface area (Å²) in [5.74, 6) is -0.588. The quantitative estimate of drug-likeness (QED) is 0.459. The number of hydrogen-bond donors (Lipinski definition) is 1. The predicted molar refractivity (Wildman–Crippen MR) is 69.4 cm³/mol. The summed E-state index contributed by atoms with van der Waals surface area (Å²) in [5, 5.41) is 20.5. The average molecular weight is 284 g/mol. The molecule has 1 aromatic rings. The van der Waals surface area contributed by atoms with Crippen LogP contribution in [0.1, 0.15) is 18.9 Å². The van der Waals surface area contributed by atoms with Crippen molar-refractivity contribution in [1.29, 1.82) is 0 Å². The van der Waals surface area contributed by atoms with Gasteiger partial charge in [-0.2, -0.15) is 0 Å². The molecule has 1 atom stereocenters. The van der Waals surface area contributed by atoms with Gasteiger partial charge >= 0.3 is 5.97 Å². The lowest BCUT2D eigenvalue weighted by molar-refractivity contribution is -0.386. The number of rotatable bonds is 6. The van der Waals surface area contributed by atoms with E-state index in [-0.39, 0.29) is 30.8 Å². The number of nitrogens with zero attached hydrogens (tertiary/aromatic N) is 2. The summed E-state index contributed by atoms with van der Waals surface area (Å²) in [6, 6.07) is 1.12. The molecule has 0 spiro atoms. The number of nitro groups is 1. The summed E-state index contributed by atoms with van der Waals surface area (Å²) in [5.41, 5.74) is -0.444. The lowest BCUT2D eigenvalue weighted by Gasteiger charge is -2.12. The van der Waals surface area contributed by atoms with Gasteiger partial charge in [-0.15, -0.1) is 0 Å². The lowest BCUT2D eigenvalue weighted by Crippen LogP contribution is -2.28. The van der Waals surface area contributed by atoms with Crippen molar-refractivity contribution < 1.29 is 19.6 Å².